The summed E-state index contributed by atoms with van der Waals surface area (Å²) in [4.78, 5) is 13.0. The SMILES string of the molecule is COc1ccccc1C(=O)CC1CCCc2c1c1ccccc1n2C. The summed E-state index contributed by atoms with van der Waals surface area (Å²) < 4.78 is 7.68. The van der Waals surface area contributed by atoms with Crippen molar-refractivity contribution in [2.45, 2.75) is 31.6 Å². The number of rotatable bonds is 4. The van der Waals surface area contributed by atoms with Gasteiger partial charge in [-0.1, -0.05) is 30.3 Å². The highest BCUT2D eigenvalue weighted by Gasteiger charge is 2.28. The molecule has 0 amide bonds. The van der Waals surface area contributed by atoms with Gasteiger partial charge in [0, 0.05) is 30.1 Å². The van der Waals surface area contributed by atoms with Gasteiger partial charge < -0.3 is 9.30 Å². The zero-order valence-corrected chi connectivity index (χ0v) is 14.8. The summed E-state index contributed by atoms with van der Waals surface area (Å²) in [5.41, 5.74) is 4.74. The van der Waals surface area contributed by atoms with Gasteiger partial charge in [0.25, 0.3) is 0 Å². The van der Waals surface area contributed by atoms with Crippen LogP contribution >= 0.6 is 0 Å². The van der Waals surface area contributed by atoms with E-state index in [0.717, 1.165) is 19.3 Å². The Morgan fingerprint density at radius 3 is 2.76 bits per heavy atom. The normalized spacial score (nSPS) is 16.6. The molecule has 0 fully saturated rings. The number of methoxy groups -OCH3 is 1. The molecule has 0 radical (unpaired) electrons. The van der Waals surface area contributed by atoms with Gasteiger partial charge in [0.15, 0.2) is 5.78 Å². The van der Waals surface area contributed by atoms with Gasteiger partial charge in [-0.25, -0.2) is 0 Å². The number of benzene rings is 2. The quantitative estimate of drug-likeness (QED) is 0.637. The second-order valence-corrected chi connectivity index (χ2v) is 6.85. The second kappa shape index (κ2) is 6.40. The molecule has 0 saturated heterocycles. The Labute approximate surface area is 148 Å². The van der Waals surface area contributed by atoms with Crippen molar-refractivity contribution in [1.29, 1.82) is 0 Å². The van der Waals surface area contributed by atoms with Gasteiger partial charge in [-0.3, -0.25) is 4.79 Å². The average molecular weight is 333 g/mol. The largest absolute Gasteiger partial charge is 0.496 e. The summed E-state index contributed by atoms with van der Waals surface area (Å²) in [6.45, 7) is 0. The molecule has 3 nitrogen and oxygen atoms in total. The highest BCUT2D eigenvalue weighted by atomic mass is 16.5. The first kappa shape index (κ1) is 15.9. The number of hydrogen-bond donors (Lipinski definition) is 0. The number of ketones is 1. The standard InChI is InChI=1S/C22H23NO2/c1-23-18-11-5-3-9-16(18)22-15(8-7-12-19(22)23)14-20(24)17-10-4-6-13-21(17)25-2/h3-6,9-11,13,15H,7-8,12,14H2,1-2H3. The lowest BCUT2D eigenvalue weighted by Crippen LogP contribution is -2.15. The smallest absolute Gasteiger partial charge is 0.167 e. The summed E-state index contributed by atoms with van der Waals surface area (Å²) in [5.74, 6) is 1.12. The number of ether oxygens (including phenoxy) is 1. The highest BCUT2D eigenvalue weighted by molar-refractivity contribution is 5.99. The maximum atomic E-state index is 13.0. The predicted molar refractivity (Wildman–Crippen MR) is 101 cm³/mol. The summed E-state index contributed by atoms with van der Waals surface area (Å²) >= 11 is 0. The Balaban J connectivity index is 1.72. The lowest BCUT2D eigenvalue weighted by Gasteiger charge is -2.24. The fourth-order valence-corrected chi connectivity index (χ4v) is 4.31. The molecule has 1 aliphatic rings. The number of Topliss-reactive ketones (excluding diaryl/α,β-unsaturated/α-hetero) is 1. The summed E-state index contributed by atoms with van der Waals surface area (Å²) in [6.07, 6.45) is 3.85. The van der Waals surface area contributed by atoms with Crippen LogP contribution in [0.2, 0.25) is 0 Å². The molecule has 0 saturated carbocycles. The van der Waals surface area contributed by atoms with Crippen LogP contribution in [0.4, 0.5) is 0 Å². The number of para-hydroxylation sites is 2. The van der Waals surface area contributed by atoms with Crippen LogP contribution in [0.3, 0.4) is 0 Å². The Bertz CT molecular complexity index is 938. The van der Waals surface area contributed by atoms with Crippen molar-refractivity contribution < 1.29 is 9.53 Å². The minimum atomic E-state index is 0.170. The van der Waals surface area contributed by atoms with Crippen LogP contribution in [0, 0.1) is 0 Å². The lowest BCUT2D eigenvalue weighted by molar-refractivity contribution is 0.0968. The Hall–Kier alpha value is -2.55. The molecule has 2 aromatic carbocycles. The van der Waals surface area contributed by atoms with E-state index in [2.05, 4.69) is 35.9 Å². The molecule has 128 valence electrons. The molecule has 1 aliphatic carbocycles. The first-order valence-electron chi connectivity index (χ1n) is 8.93. The van der Waals surface area contributed by atoms with Crippen LogP contribution in [0.1, 0.15) is 46.8 Å². The maximum Gasteiger partial charge on any atom is 0.167 e. The molecule has 0 bridgehead atoms. The van der Waals surface area contributed by atoms with E-state index in [4.69, 9.17) is 4.74 Å². The summed E-state index contributed by atoms with van der Waals surface area (Å²) in [6, 6.07) is 16.1. The Morgan fingerprint density at radius 2 is 1.92 bits per heavy atom. The molecule has 1 unspecified atom stereocenters. The minimum absolute atomic E-state index is 0.170. The topological polar surface area (TPSA) is 31.2 Å². The molecule has 1 heterocycles. The number of fused-ring (bicyclic) bond motifs is 3. The molecule has 1 atom stereocenters. The van der Waals surface area contributed by atoms with Crippen molar-refractivity contribution in [3.05, 3.63) is 65.4 Å². The molecule has 0 aliphatic heterocycles. The van der Waals surface area contributed by atoms with Gasteiger partial charge in [-0.15, -0.1) is 0 Å². The first-order valence-corrected chi connectivity index (χ1v) is 8.93. The van der Waals surface area contributed by atoms with Crippen molar-refractivity contribution >= 4 is 16.7 Å². The molecular weight excluding hydrogens is 310 g/mol. The Morgan fingerprint density at radius 1 is 1.16 bits per heavy atom. The van der Waals surface area contributed by atoms with E-state index in [9.17, 15) is 4.79 Å². The first-order chi connectivity index (χ1) is 12.2. The van der Waals surface area contributed by atoms with Crippen molar-refractivity contribution in [3.63, 3.8) is 0 Å². The molecule has 0 N–H and O–H groups in total. The second-order valence-electron chi connectivity index (χ2n) is 6.85. The van der Waals surface area contributed by atoms with Crippen LogP contribution < -0.4 is 4.74 Å². The zero-order valence-electron chi connectivity index (χ0n) is 14.8. The van der Waals surface area contributed by atoms with Crippen LogP contribution in [0.15, 0.2) is 48.5 Å². The average Bonchev–Trinajstić information content (AvgIpc) is 2.95. The van der Waals surface area contributed by atoms with Crippen LogP contribution in [0.5, 0.6) is 5.75 Å². The maximum absolute atomic E-state index is 13.0. The number of nitrogens with zero attached hydrogens (tertiary/aromatic N) is 1. The third-order valence-electron chi connectivity index (χ3n) is 5.48. The van der Waals surface area contributed by atoms with E-state index in [1.54, 1.807) is 7.11 Å². The fourth-order valence-electron chi connectivity index (χ4n) is 4.31. The van der Waals surface area contributed by atoms with E-state index >= 15 is 0 Å². The number of aryl methyl sites for hydroxylation is 1. The number of carbonyl (C=O) groups is 1. The van der Waals surface area contributed by atoms with E-state index in [1.165, 1.54) is 22.2 Å². The fraction of sp³-hybridized carbons (Fsp3) is 0.318. The van der Waals surface area contributed by atoms with Crippen molar-refractivity contribution in [2.24, 2.45) is 7.05 Å². The molecule has 25 heavy (non-hydrogen) atoms. The van der Waals surface area contributed by atoms with Gasteiger partial charge >= 0.3 is 0 Å². The van der Waals surface area contributed by atoms with Gasteiger partial charge in [-0.05, 0) is 48.9 Å². The molecule has 1 aromatic heterocycles. The molecule has 3 aromatic rings. The molecule has 3 heteroatoms. The third-order valence-corrected chi connectivity index (χ3v) is 5.48. The molecular formula is C22H23NO2. The predicted octanol–water partition coefficient (Wildman–Crippen LogP) is 4.88. The van der Waals surface area contributed by atoms with E-state index in [1.807, 2.05) is 24.3 Å². The number of carbonyl (C=O) groups excluding carboxylic acids is 1. The number of aromatic nitrogens is 1. The van der Waals surface area contributed by atoms with Gasteiger partial charge in [0.1, 0.15) is 5.75 Å². The third kappa shape index (κ3) is 2.64. The zero-order chi connectivity index (χ0) is 17.4. The van der Waals surface area contributed by atoms with E-state index < -0.39 is 0 Å². The minimum Gasteiger partial charge on any atom is -0.496 e. The monoisotopic (exact) mass is 333 g/mol. The number of hydrogen-bond acceptors (Lipinski definition) is 2. The van der Waals surface area contributed by atoms with Gasteiger partial charge in [0.2, 0.25) is 0 Å². The summed E-state index contributed by atoms with van der Waals surface area (Å²) in [7, 11) is 3.77. The molecule has 0 spiro atoms. The lowest BCUT2D eigenvalue weighted by atomic mass is 9.81. The van der Waals surface area contributed by atoms with Crippen molar-refractivity contribution in [3.8, 4) is 5.75 Å². The Kier molecular flexibility index (Phi) is 4.08. The van der Waals surface area contributed by atoms with Crippen molar-refractivity contribution in [2.75, 3.05) is 7.11 Å². The summed E-state index contributed by atoms with van der Waals surface area (Å²) in [5, 5.41) is 1.30. The van der Waals surface area contributed by atoms with Crippen LogP contribution in [0.25, 0.3) is 10.9 Å². The van der Waals surface area contributed by atoms with E-state index in [-0.39, 0.29) is 11.7 Å². The van der Waals surface area contributed by atoms with E-state index in [0.29, 0.717) is 17.7 Å². The van der Waals surface area contributed by atoms with Crippen LogP contribution in [-0.2, 0) is 13.5 Å². The van der Waals surface area contributed by atoms with Gasteiger partial charge in [0.05, 0.1) is 12.7 Å². The highest BCUT2D eigenvalue weighted by Crippen LogP contribution is 2.41. The van der Waals surface area contributed by atoms with Gasteiger partial charge in [-0.2, -0.15) is 0 Å². The van der Waals surface area contributed by atoms with Crippen LogP contribution in [-0.4, -0.2) is 17.5 Å². The van der Waals surface area contributed by atoms with Crippen molar-refractivity contribution in [1.82, 2.24) is 4.57 Å². The molecule has 4 rings (SSSR count).